The fourth-order valence-electron chi connectivity index (χ4n) is 5.36. The average molecular weight is 468 g/mol. The number of fused-ring (bicyclic) bond motifs is 3. The van der Waals surface area contributed by atoms with Crippen LogP contribution in [0.4, 0.5) is 11.4 Å². The largest absolute Gasteiger partial charge is 0.359 e. The first kappa shape index (κ1) is 22.2. The Morgan fingerprint density at radius 2 is 1.83 bits per heavy atom. The van der Waals surface area contributed by atoms with Gasteiger partial charge in [0.25, 0.3) is 5.69 Å². The number of hydrogen-bond donors (Lipinski definition) is 0. The molecule has 9 nitrogen and oxygen atoms in total. The van der Waals surface area contributed by atoms with Gasteiger partial charge in [-0.25, -0.2) is 4.90 Å². The number of nitriles is 1. The van der Waals surface area contributed by atoms with Crippen molar-refractivity contribution in [3.63, 3.8) is 0 Å². The van der Waals surface area contributed by atoms with E-state index in [1.165, 1.54) is 30.3 Å². The first-order chi connectivity index (χ1) is 16.7. The van der Waals surface area contributed by atoms with Gasteiger partial charge in [-0.2, -0.15) is 5.26 Å². The highest BCUT2D eigenvalue weighted by molar-refractivity contribution is 6.25. The molecule has 2 aromatic rings. The molecule has 9 heteroatoms. The minimum absolute atomic E-state index is 0.0808. The number of non-ortho nitro benzene ring substituents is 1. The Labute approximate surface area is 200 Å². The van der Waals surface area contributed by atoms with Crippen LogP contribution < -0.4 is 4.90 Å². The van der Waals surface area contributed by atoms with Crippen molar-refractivity contribution in [1.29, 1.82) is 5.26 Å². The number of nitro benzene ring substituents is 1. The Kier molecular flexibility index (Phi) is 5.09. The number of nitrogens with zero attached hydrogens (tertiary/aromatic N) is 4. The molecule has 5 rings (SSSR count). The number of rotatable bonds is 4. The number of Topliss-reactive ketones (excluding diaryl/α,β-unsaturated/α-hetero) is 1. The third kappa shape index (κ3) is 3.34. The molecular formula is C26H20N4O5. The first-order valence-corrected chi connectivity index (χ1v) is 11.0. The lowest BCUT2D eigenvalue weighted by molar-refractivity contribution is -0.384. The van der Waals surface area contributed by atoms with Gasteiger partial charge in [0.1, 0.15) is 6.04 Å². The predicted octanol–water partition coefficient (Wildman–Crippen LogP) is 3.23. The normalized spacial score (nSPS) is 24.7. The predicted molar refractivity (Wildman–Crippen MR) is 125 cm³/mol. The van der Waals surface area contributed by atoms with Crippen LogP contribution in [-0.4, -0.2) is 39.5 Å². The Balaban J connectivity index is 1.62. The lowest BCUT2D eigenvalue weighted by Crippen LogP contribution is -2.46. The summed E-state index contributed by atoms with van der Waals surface area (Å²) in [5.41, 5.74) is 2.37. The highest BCUT2D eigenvalue weighted by Gasteiger charge is 2.63. The summed E-state index contributed by atoms with van der Waals surface area (Å²) in [6, 6.07) is 11.1. The molecule has 0 aliphatic carbocycles. The van der Waals surface area contributed by atoms with Crippen molar-refractivity contribution in [2.24, 2.45) is 11.8 Å². The maximum absolute atomic E-state index is 13.8. The second kappa shape index (κ2) is 8.02. The lowest BCUT2D eigenvalue weighted by Gasteiger charge is -2.32. The Morgan fingerprint density at radius 1 is 1.09 bits per heavy atom. The molecular weight excluding hydrogens is 448 g/mol. The van der Waals surface area contributed by atoms with Crippen LogP contribution >= 0.6 is 0 Å². The van der Waals surface area contributed by atoms with Gasteiger partial charge in [0.15, 0.2) is 5.78 Å². The number of amides is 2. The van der Waals surface area contributed by atoms with Crippen molar-refractivity contribution < 1.29 is 19.3 Å². The van der Waals surface area contributed by atoms with E-state index in [1.54, 1.807) is 23.2 Å². The number of imide groups is 1. The lowest BCUT2D eigenvalue weighted by atomic mass is 9.86. The molecule has 174 valence electrons. The maximum atomic E-state index is 13.8. The van der Waals surface area contributed by atoms with Crippen LogP contribution in [0.15, 0.2) is 66.4 Å². The molecule has 0 saturated carbocycles. The number of allylic oxidation sites excluding steroid dienone is 2. The molecule has 0 spiro atoms. The summed E-state index contributed by atoms with van der Waals surface area (Å²) in [6.07, 6.45) is 4.70. The number of carbonyl (C=O) groups is 3. The molecule has 0 radical (unpaired) electrons. The monoisotopic (exact) mass is 468 g/mol. The average Bonchev–Trinajstić information content (AvgIpc) is 3.31. The molecule has 4 atom stereocenters. The van der Waals surface area contributed by atoms with Gasteiger partial charge in [-0.15, -0.1) is 0 Å². The fraction of sp³-hybridized carbons (Fsp3) is 0.231. The van der Waals surface area contributed by atoms with Gasteiger partial charge in [0.2, 0.25) is 11.8 Å². The molecule has 2 amide bonds. The molecule has 0 unspecified atom stereocenters. The van der Waals surface area contributed by atoms with Gasteiger partial charge in [0.05, 0.1) is 40.1 Å². The molecule has 3 aliphatic heterocycles. The first-order valence-electron chi connectivity index (χ1n) is 11.0. The third-order valence-corrected chi connectivity index (χ3v) is 6.88. The molecule has 2 aromatic carbocycles. The number of ketones is 1. The summed E-state index contributed by atoms with van der Waals surface area (Å²) >= 11 is 0. The van der Waals surface area contributed by atoms with E-state index >= 15 is 0 Å². The SMILES string of the molecule is Cc1ccc(N2C(=O)[C@@H]3[C@@H](C2=O)[C@@H]2C=C(C#N)C=CN2[C@@H]3C(=O)c2cccc([N+](=O)[O-])c2)c(C)c1. The molecule has 0 aromatic heterocycles. The van der Waals surface area contributed by atoms with Gasteiger partial charge in [-0.05, 0) is 37.6 Å². The summed E-state index contributed by atoms with van der Waals surface area (Å²) in [5.74, 6) is -3.29. The van der Waals surface area contributed by atoms with Gasteiger partial charge < -0.3 is 4.90 Å². The van der Waals surface area contributed by atoms with Crippen LogP contribution in [0.5, 0.6) is 0 Å². The van der Waals surface area contributed by atoms with Crippen LogP contribution in [0.25, 0.3) is 0 Å². The van der Waals surface area contributed by atoms with E-state index in [1.807, 2.05) is 26.0 Å². The van der Waals surface area contributed by atoms with E-state index in [0.29, 0.717) is 11.3 Å². The molecule has 35 heavy (non-hydrogen) atoms. The van der Waals surface area contributed by atoms with E-state index in [4.69, 9.17) is 0 Å². The molecule has 3 heterocycles. The van der Waals surface area contributed by atoms with Gasteiger partial charge >= 0.3 is 0 Å². The number of aryl methyl sites for hydroxylation is 2. The minimum Gasteiger partial charge on any atom is -0.359 e. The number of benzene rings is 2. The zero-order valence-electron chi connectivity index (χ0n) is 18.9. The van der Waals surface area contributed by atoms with Gasteiger partial charge in [-0.3, -0.25) is 24.5 Å². The third-order valence-electron chi connectivity index (χ3n) is 6.88. The zero-order chi connectivity index (χ0) is 25.0. The van der Waals surface area contributed by atoms with Crippen molar-refractivity contribution in [1.82, 2.24) is 4.90 Å². The van der Waals surface area contributed by atoms with Crippen LogP contribution in [0.1, 0.15) is 21.5 Å². The van der Waals surface area contributed by atoms with Crippen LogP contribution in [-0.2, 0) is 9.59 Å². The highest BCUT2D eigenvalue weighted by atomic mass is 16.6. The van der Waals surface area contributed by atoms with Crippen LogP contribution in [0.2, 0.25) is 0 Å². The number of anilines is 1. The maximum Gasteiger partial charge on any atom is 0.270 e. The van der Waals surface area contributed by atoms with Crippen molar-refractivity contribution in [2.75, 3.05) is 4.90 Å². The smallest absolute Gasteiger partial charge is 0.270 e. The summed E-state index contributed by atoms with van der Waals surface area (Å²) in [5, 5.41) is 20.7. The highest BCUT2D eigenvalue weighted by Crippen LogP contribution is 2.47. The summed E-state index contributed by atoms with van der Waals surface area (Å²) in [4.78, 5) is 54.6. The van der Waals surface area contributed by atoms with Crippen molar-refractivity contribution in [3.8, 4) is 6.07 Å². The Morgan fingerprint density at radius 3 is 2.51 bits per heavy atom. The van der Waals surface area contributed by atoms with Crippen LogP contribution in [0.3, 0.4) is 0 Å². The van der Waals surface area contributed by atoms with Crippen molar-refractivity contribution in [3.05, 3.63) is 93.2 Å². The van der Waals surface area contributed by atoms with E-state index < -0.39 is 46.4 Å². The van der Waals surface area contributed by atoms with E-state index in [0.717, 1.165) is 16.0 Å². The van der Waals surface area contributed by atoms with Crippen molar-refractivity contribution >= 4 is 29.0 Å². The quantitative estimate of drug-likeness (QED) is 0.292. The number of hydrogen-bond acceptors (Lipinski definition) is 7. The summed E-state index contributed by atoms with van der Waals surface area (Å²) in [7, 11) is 0. The Hall–Kier alpha value is -4.58. The van der Waals surface area contributed by atoms with Gasteiger partial charge in [0, 0.05) is 23.9 Å². The molecule has 2 saturated heterocycles. The molecule has 0 bridgehead atoms. The van der Waals surface area contributed by atoms with E-state index in [9.17, 15) is 29.8 Å². The number of nitro groups is 1. The van der Waals surface area contributed by atoms with Gasteiger partial charge in [-0.1, -0.05) is 29.8 Å². The molecule has 3 aliphatic rings. The standard InChI is InChI=1S/C26H20N4O5/c1-14-6-7-19(15(2)10-14)29-25(32)21-20-11-16(13-27)8-9-28(20)23(22(21)26(29)33)24(31)17-4-3-5-18(12-17)30(34)35/h3-12,20-23H,1-2H3/t20-,21-,22+,23-/m0/s1. The minimum atomic E-state index is -1.05. The van der Waals surface area contributed by atoms with Crippen molar-refractivity contribution in [2.45, 2.75) is 25.9 Å². The second-order valence-corrected chi connectivity index (χ2v) is 8.96. The Bertz CT molecular complexity index is 1420. The van der Waals surface area contributed by atoms with Crippen LogP contribution in [0, 0.1) is 47.1 Å². The number of carbonyl (C=O) groups excluding carboxylic acids is 3. The van der Waals surface area contributed by atoms with E-state index in [2.05, 4.69) is 6.07 Å². The second-order valence-electron chi connectivity index (χ2n) is 8.96. The molecule has 2 fully saturated rings. The molecule has 0 N–H and O–H groups in total. The topological polar surface area (TPSA) is 125 Å². The zero-order valence-corrected chi connectivity index (χ0v) is 18.9. The summed E-state index contributed by atoms with van der Waals surface area (Å²) < 4.78 is 0. The fourth-order valence-corrected chi connectivity index (χ4v) is 5.36. The summed E-state index contributed by atoms with van der Waals surface area (Å²) in [6.45, 7) is 3.72. The van der Waals surface area contributed by atoms with E-state index in [-0.39, 0.29) is 11.3 Å².